The monoisotopic (exact) mass is 663 g/mol. The van der Waals surface area contributed by atoms with E-state index in [-0.39, 0.29) is 24.0 Å². The highest BCUT2D eigenvalue weighted by molar-refractivity contribution is 5.69. The molecule has 0 radical (unpaired) electrons. The van der Waals surface area contributed by atoms with Gasteiger partial charge in [-0.25, -0.2) is 0 Å². The third-order valence-electron chi connectivity index (χ3n) is 8.92. The van der Waals surface area contributed by atoms with Gasteiger partial charge in [-0.1, -0.05) is 114 Å². The normalized spacial score (nSPS) is 11.6. The average molecular weight is 663 g/mol. The van der Waals surface area contributed by atoms with Crippen molar-refractivity contribution in [3.05, 3.63) is 24.3 Å². The van der Waals surface area contributed by atoms with Gasteiger partial charge < -0.3 is 14.2 Å². The lowest BCUT2D eigenvalue weighted by atomic mass is 10.0. The van der Waals surface area contributed by atoms with Gasteiger partial charge >= 0.3 is 17.9 Å². The Bertz CT molecular complexity index is 718. The maximum absolute atomic E-state index is 11.6. The molecule has 0 spiro atoms. The average Bonchev–Trinajstić information content (AvgIpc) is 3.06. The number of carbonyl (C=O) groups excluding carboxylic acids is 3. The number of rotatable bonds is 35. The Morgan fingerprint density at radius 2 is 0.702 bits per heavy atom. The van der Waals surface area contributed by atoms with Gasteiger partial charge in [-0.05, 0) is 89.9 Å². The van der Waals surface area contributed by atoms with Gasteiger partial charge in [0.15, 0.2) is 0 Å². The standard InChI is InChI=1S/C41H74O6/c1-38(42)47-39(34-30-26-22-18-14-10-6-4-8-12-16-20-24-28-32-36-40(43)45-2)35-31-27-23-19-15-11-7-5-9-13-17-21-25-29-33-37-41(44)46-3/h4-5,8-9,39H,6-7,10-37H2,1-3H3/b8-4-,9-5-. The van der Waals surface area contributed by atoms with Crippen molar-refractivity contribution in [3.63, 3.8) is 0 Å². The number of esters is 3. The van der Waals surface area contributed by atoms with Crippen LogP contribution in [-0.2, 0) is 28.6 Å². The van der Waals surface area contributed by atoms with Gasteiger partial charge in [0.25, 0.3) is 0 Å². The van der Waals surface area contributed by atoms with Gasteiger partial charge in [-0.3, -0.25) is 14.4 Å². The second-order valence-electron chi connectivity index (χ2n) is 13.3. The molecule has 0 aliphatic rings. The summed E-state index contributed by atoms with van der Waals surface area (Å²) < 4.78 is 15.0. The lowest BCUT2D eigenvalue weighted by Gasteiger charge is -2.17. The van der Waals surface area contributed by atoms with E-state index in [0.29, 0.717) is 12.8 Å². The molecule has 0 fully saturated rings. The van der Waals surface area contributed by atoms with Crippen LogP contribution in [0.25, 0.3) is 0 Å². The molecule has 0 amide bonds. The number of allylic oxidation sites excluding steroid dienone is 4. The van der Waals surface area contributed by atoms with E-state index in [4.69, 9.17) is 4.74 Å². The van der Waals surface area contributed by atoms with E-state index in [9.17, 15) is 14.4 Å². The minimum Gasteiger partial charge on any atom is -0.469 e. The second kappa shape index (κ2) is 36.7. The third kappa shape index (κ3) is 36.6. The summed E-state index contributed by atoms with van der Waals surface area (Å²) in [6.45, 7) is 1.54. The minimum atomic E-state index is -0.137. The molecule has 0 bridgehead atoms. The first-order chi connectivity index (χ1) is 23.0. The fourth-order valence-electron chi connectivity index (χ4n) is 5.98. The zero-order valence-corrected chi connectivity index (χ0v) is 31.0. The lowest BCUT2D eigenvalue weighted by molar-refractivity contribution is -0.147. The summed E-state index contributed by atoms with van der Waals surface area (Å²) in [6, 6.07) is 0. The van der Waals surface area contributed by atoms with Crippen LogP contribution in [0.3, 0.4) is 0 Å². The van der Waals surface area contributed by atoms with Crippen LogP contribution in [0.1, 0.15) is 200 Å². The molecule has 0 atom stereocenters. The smallest absolute Gasteiger partial charge is 0.305 e. The van der Waals surface area contributed by atoms with E-state index in [1.165, 1.54) is 143 Å². The number of hydrogen-bond donors (Lipinski definition) is 0. The van der Waals surface area contributed by atoms with Gasteiger partial charge in [0.2, 0.25) is 0 Å². The van der Waals surface area contributed by atoms with E-state index < -0.39 is 0 Å². The van der Waals surface area contributed by atoms with Crippen LogP contribution in [0.4, 0.5) is 0 Å². The molecule has 0 aromatic heterocycles. The van der Waals surface area contributed by atoms with Crippen LogP contribution in [0.15, 0.2) is 24.3 Å². The minimum absolute atomic E-state index is 0.0925. The van der Waals surface area contributed by atoms with E-state index in [1.807, 2.05) is 0 Å². The van der Waals surface area contributed by atoms with Crippen LogP contribution < -0.4 is 0 Å². The van der Waals surface area contributed by atoms with Crippen molar-refractivity contribution in [2.75, 3.05) is 14.2 Å². The molecular weight excluding hydrogens is 588 g/mol. The highest BCUT2D eigenvalue weighted by Crippen LogP contribution is 2.18. The SMILES string of the molecule is COC(=O)CCCCCCC/C=C\CCCCCCCCC(CCCCCCCC/C=C\CCCCCCCC(=O)OC)OC(C)=O. The molecule has 0 aliphatic heterocycles. The molecular formula is C41H74O6. The summed E-state index contributed by atoms with van der Waals surface area (Å²) in [6.07, 6.45) is 44.0. The summed E-state index contributed by atoms with van der Waals surface area (Å²) in [7, 11) is 2.91. The van der Waals surface area contributed by atoms with Gasteiger partial charge in [0.05, 0.1) is 14.2 Å². The Labute approximate surface area is 290 Å². The van der Waals surface area contributed by atoms with Gasteiger partial charge in [0.1, 0.15) is 6.10 Å². The van der Waals surface area contributed by atoms with Crippen molar-refractivity contribution < 1.29 is 28.6 Å². The molecule has 6 nitrogen and oxygen atoms in total. The number of ether oxygens (including phenoxy) is 3. The van der Waals surface area contributed by atoms with Crippen LogP contribution in [0, 0.1) is 0 Å². The highest BCUT2D eigenvalue weighted by atomic mass is 16.5. The Kier molecular flexibility index (Phi) is 35.1. The molecule has 274 valence electrons. The number of methoxy groups -OCH3 is 2. The fourth-order valence-corrected chi connectivity index (χ4v) is 5.98. The van der Waals surface area contributed by atoms with Gasteiger partial charge in [0, 0.05) is 19.8 Å². The topological polar surface area (TPSA) is 78.9 Å². The molecule has 0 saturated carbocycles. The van der Waals surface area contributed by atoms with Crippen LogP contribution in [0.2, 0.25) is 0 Å². The van der Waals surface area contributed by atoms with E-state index >= 15 is 0 Å². The third-order valence-corrected chi connectivity index (χ3v) is 8.92. The Morgan fingerprint density at radius 3 is 1.00 bits per heavy atom. The summed E-state index contributed by atoms with van der Waals surface area (Å²) in [5.41, 5.74) is 0. The van der Waals surface area contributed by atoms with Crippen LogP contribution in [0.5, 0.6) is 0 Å². The van der Waals surface area contributed by atoms with E-state index in [1.54, 1.807) is 6.92 Å². The quantitative estimate of drug-likeness (QED) is 0.0291. The maximum atomic E-state index is 11.6. The Balaban J connectivity index is 3.56. The molecule has 0 aromatic rings. The van der Waals surface area contributed by atoms with Crippen molar-refractivity contribution >= 4 is 17.9 Å². The summed E-state index contributed by atoms with van der Waals surface area (Å²) >= 11 is 0. The van der Waals surface area contributed by atoms with Crippen molar-refractivity contribution in [2.24, 2.45) is 0 Å². The Morgan fingerprint density at radius 1 is 0.426 bits per heavy atom. The zero-order valence-electron chi connectivity index (χ0n) is 31.0. The van der Waals surface area contributed by atoms with Gasteiger partial charge in [-0.15, -0.1) is 0 Å². The Hall–Kier alpha value is -2.11. The van der Waals surface area contributed by atoms with Crippen LogP contribution >= 0.6 is 0 Å². The molecule has 0 saturated heterocycles. The predicted molar refractivity (Wildman–Crippen MR) is 196 cm³/mol. The zero-order chi connectivity index (χ0) is 34.5. The highest BCUT2D eigenvalue weighted by Gasteiger charge is 2.11. The first-order valence-corrected chi connectivity index (χ1v) is 19.6. The molecule has 0 heterocycles. The summed E-state index contributed by atoms with van der Waals surface area (Å²) in [4.78, 5) is 33.8. The molecule has 0 aliphatic carbocycles. The summed E-state index contributed by atoms with van der Waals surface area (Å²) in [5, 5.41) is 0. The maximum Gasteiger partial charge on any atom is 0.305 e. The molecule has 0 N–H and O–H groups in total. The molecule has 0 rings (SSSR count). The van der Waals surface area contributed by atoms with E-state index in [0.717, 1.165) is 51.4 Å². The lowest BCUT2D eigenvalue weighted by Crippen LogP contribution is -2.16. The number of unbranched alkanes of at least 4 members (excludes halogenated alkanes) is 22. The largest absolute Gasteiger partial charge is 0.469 e. The molecule has 0 aromatic carbocycles. The first-order valence-electron chi connectivity index (χ1n) is 19.6. The molecule has 47 heavy (non-hydrogen) atoms. The van der Waals surface area contributed by atoms with Crippen molar-refractivity contribution in [1.82, 2.24) is 0 Å². The van der Waals surface area contributed by atoms with Crippen LogP contribution in [-0.4, -0.2) is 38.2 Å². The van der Waals surface area contributed by atoms with Gasteiger partial charge in [-0.2, -0.15) is 0 Å². The van der Waals surface area contributed by atoms with Crippen molar-refractivity contribution in [1.29, 1.82) is 0 Å². The predicted octanol–water partition coefficient (Wildman–Crippen LogP) is 12.1. The summed E-state index contributed by atoms with van der Waals surface area (Å²) in [5.74, 6) is -0.322. The second-order valence-corrected chi connectivity index (χ2v) is 13.3. The fraction of sp³-hybridized carbons (Fsp3) is 0.829. The van der Waals surface area contributed by atoms with E-state index in [2.05, 4.69) is 33.8 Å². The molecule has 6 heteroatoms. The van der Waals surface area contributed by atoms with Crippen molar-refractivity contribution in [3.8, 4) is 0 Å². The first kappa shape index (κ1) is 44.9. The van der Waals surface area contributed by atoms with Crippen molar-refractivity contribution in [2.45, 2.75) is 206 Å². The number of hydrogen-bond acceptors (Lipinski definition) is 6. The molecule has 0 unspecified atom stereocenters. The number of carbonyl (C=O) groups is 3.